The lowest BCUT2D eigenvalue weighted by molar-refractivity contribution is -0.384. The molecule has 2 atom stereocenters. The number of anilines is 1. The molecule has 1 aliphatic heterocycles. The van der Waals surface area contributed by atoms with Gasteiger partial charge in [0.2, 0.25) is 0 Å². The first kappa shape index (κ1) is 17.1. The fourth-order valence-corrected chi connectivity index (χ4v) is 2.71. The van der Waals surface area contributed by atoms with Crippen molar-refractivity contribution in [3.63, 3.8) is 0 Å². The lowest BCUT2D eigenvalue weighted by Crippen LogP contribution is -2.26. The van der Waals surface area contributed by atoms with Crippen molar-refractivity contribution in [3.8, 4) is 6.07 Å². The summed E-state index contributed by atoms with van der Waals surface area (Å²) in [6, 6.07) is 7.98. The Morgan fingerprint density at radius 3 is 3.08 bits per heavy atom. The lowest BCUT2D eigenvalue weighted by Gasteiger charge is -2.18. The minimum absolute atomic E-state index is 0.00450. The van der Waals surface area contributed by atoms with Crippen LogP contribution in [0.5, 0.6) is 0 Å². The number of fused-ring (bicyclic) bond motifs is 1. The third-order valence-corrected chi connectivity index (χ3v) is 3.99. The summed E-state index contributed by atoms with van der Waals surface area (Å²) in [6.45, 7) is 3.81. The van der Waals surface area contributed by atoms with E-state index in [0.717, 1.165) is 13.0 Å². The molecular weight excluding hydrogens is 324 g/mol. The smallest absolute Gasteiger partial charge is 0.270 e. The first-order valence-electron chi connectivity index (χ1n) is 8.02. The average Bonchev–Trinajstić information content (AvgIpc) is 3.12. The molecular formula is C17H18N4O4. The monoisotopic (exact) mass is 342 g/mol. The van der Waals surface area contributed by atoms with E-state index >= 15 is 0 Å². The van der Waals surface area contributed by atoms with Gasteiger partial charge in [-0.2, -0.15) is 5.26 Å². The third kappa shape index (κ3) is 4.02. The molecule has 0 saturated carbocycles. The Labute approximate surface area is 144 Å². The van der Waals surface area contributed by atoms with E-state index in [1.807, 2.05) is 6.92 Å². The lowest BCUT2D eigenvalue weighted by atomic mass is 10.1. The van der Waals surface area contributed by atoms with Gasteiger partial charge in [0.1, 0.15) is 5.82 Å². The van der Waals surface area contributed by atoms with Crippen molar-refractivity contribution in [1.82, 2.24) is 4.98 Å². The summed E-state index contributed by atoms with van der Waals surface area (Å²) in [4.78, 5) is 14.9. The molecule has 2 aromatic rings. The summed E-state index contributed by atoms with van der Waals surface area (Å²) in [5.74, 6) is 0.539. The van der Waals surface area contributed by atoms with Crippen molar-refractivity contribution in [1.29, 1.82) is 5.26 Å². The number of nitro groups is 1. The van der Waals surface area contributed by atoms with Crippen LogP contribution in [0.2, 0.25) is 0 Å². The number of non-ortho nitro benzene ring substituents is 1. The van der Waals surface area contributed by atoms with Gasteiger partial charge in [-0.05, 0) is 25.5 Å². The maximum atomic E-state index is 10.9. The highest BCUT2D eigenvalue weighted by molar-refractivity contribution is 5.88. The summed E-state index contributed by atoms with van der Waals surface area (Å²) in [7, 11) is 0. The molecule has 0 radical (unpaired) electrons. The van der Waals surface area contributed by atoms with E-state index in [1.165, 1.54) is 12.1 Å². The number of nitro benzene ring substituents is 1. The number of rotatable bonds is 6. The topological polar surface area (TPSA) is 110 Å². The van der Waals surface area contributed by atoms with Crippen LogP contribution in [0.1, 0.15) is 18.9 Å². The summed E-state index contributed by atoms with van der Waals surface area (Å²) < 4.78 is 11.0. The number of aromatic nitrogens is 1. The van der Waals surface area contributed by atoms with Crippen LogP contribution in [-0.4, -0.2) is 41.9 Å². The van der Waals surface area contributed by atoms with E-state index in [0.29, 0.717) is 35.5 Å². The Morgan fingerprint density at radius 1 is 1.56 bits per heavy atom. The number of hydrogen-bond acceptors (Lipinski definition) is 7. The summed E-state index contributed by atoms with van der Waals surface area (Å²) in [6.07, 6.45) is 1.03. The predicted octanol–water partition coefficient (Wildman–Crippen LogP) is 2.62. The van der Waals surface area contributed by atoms with Crippen molar-refractivity contribution < 1.29 is 14.4 Å². The molecule has 3 rings (SSSR count). The van der Waals surface area contributed by atoms with Gasteiger partial charge in [0.05, 0.1) is 41.4 Å². The number of hydrogen-bond donors (Lipinski definition) is 1. The maximum Gasteiger partial charge on any atom is 0.270 e. The fraction of sp³-hybridized carbons (Fsp3) is 0.412. The van der Waals surface area contributed by atoms with Gasteiger partial charge >= 0.3 is 0 Å². The van der Waals surface area contributed by atoms with Gasteiger partial charge in [0.15, 0.2) is 0 Å². The fourth-order valence-electron chi connectivity index (χ4n) is 2.71. The van der Waals surface area contributed by atoms with Crippen molar-refractivity contribution in [2.45, 2.75) is 25.5 Å². The number of nitrogens with zero attached hydrogens (tertiary/aromatic N) is 3. The maximum absolute atomic E-state index is 10.9. The van der Waals surface area contributed by atoms with Crippen LogP contribution >= 0.6 is 0 Å². The van der Waals surface area contributed by atoms with Gasteiger partial charge in [-0.25, -0.2) is 4.98 Å². The van der Waals surface area contributed by atoms with E-state index in [2.05, 4.69) is 16.4 Å². The molecule has 1 aromatic carbocycles. The van der Waals surface area contributed by atoms with Gasteiger partial charge in [0.25, 0.3) is 5.69 Å². The number of nitriles is 1. The minimum atomic E-state index is -0.487. The van der Waals surface area contributed by atoms with Crippen LogP contribution in [-0.2, 0) is 9.47 Å². The van der Waals surface area contributed by atoms with Crippen LogP contribution in [0.4, 0.5) is 11.5 Å². The molecule has 0 spiro atoms. The van der Waals surface area contributed by atoms with Gasteiger partial charge in [-0.15, -0.1) is 0 Å². The molecule has 8 heteroatoms. The second-order valence-corrected chi connectivity index (χ2v) is 5.99. The predicted molar refractivity (Wildman–Crippen MR) is 91.4 cm³/mol. The third-order valence-electron chi connectivity index (χ3n) is 3.99. The highest BCUT2D eigenvalue weighted by atomic mass is 16.6. The highest BCUT2D eigenvalue weighted by Crippen LogP contribution is 2.25. The first-order valence-corrected chi connectivity index (χ1v) is 8.02. The minimum Gasteiger partial charge on any atom is -0.379 e. The molecule has 0 aliphatic carbocycles. The van der Waals surface area contributed by atoms with Gasteiger partial charge in [0, 0.05) is 30.2 Å². The number of ether oxygens (including phenoxy) is 2. The zero-order chi connectivity index (χ0) is 17.8. The number of nitrogens with one attached hydrogen (secondary N) is 1. The molecule has 1 aromatic heterocycles. The van der Waals surface area contributed by atoms with Crippen LogP contribution in [0.15, 0.2) is 24.3 Å². The van der Waals surface area contributed by atoms with E-state index in [-0.39, 0.29) is 17.8 Å². The van der Waals surface area contributed by atoms with Crippen LogP contribution in [0.25, 0.3) is 10.9 Å². The van der Waals surface area contributed by atoms with E-state index < -0.39 is 4.92 Å². The second-order valence-electron chi connectivity index (χ2n) is 5.99. The van der Waals surface area contributed by atoms with Crippen molar-refractivity contribution in [2.75, 3.05) is 25.1 Å². The van der Waals surface area contributed by atoms with Crippen molar-refractivity contribution in [3.05, 3.63) is 39.9 Å². The van der Waals surface area contributed by atoms with Crippen LogP contribution < -0.4 is 5.32 Å². The zero-order valence-corrected chi connectivity index (χ0v) is 13.8. The Balaban J connectivity index is 1.76. The molecule has 2 heterocycles. The highest BCUT2D eigenvalue weighted by Gasteiger charge is 2.17. The van der Waals surface area contributed by atoms with E-state index in [1.54, 1.807) is 12.1 Å². The van der Waals surface area contributed by atoms with Crippen LogP contribution in [0, 0.1) is 21.4 Å². The molecule has 1 aliphatic rings. The first-order chi connectivity index (χ1) is 12.1. The molecule has 1 saturated heterocycles. The Hall–Kier alpha value is -2.76. The molecule has 1 N–H and O–H groups in total. The molecule has 25 heavy (non-hydrogen) atoms. The van der Waals surface area contributed by atoms with Crippen LogP contribution in [0.3, 0.4) is 0 Å². The largest absolute Gasteiger partial charge is 0.379 e. The molecule has 1 fully saturated rings. The van der Waals surface area contributed by atoms with E-state index in [4.69, 9.17) is 9.47 Å². The quantitative estimate of drug-likeness (QED) is 0.634. The standard InChI is InChI=1S/C17H18N4O4/c1-11(9-25-14-4-5-24-10-14)19-17-6-12(8-18)15-7-13(21(22)23)2-3-16(15)20-17/h2-3,6-7,11,14H,4-5,9-10H2,1H3,(H,19,20). The van der Waals surface area contributed by atoms with Gasteiger partial charge < -0.3 is 14.8 Å². The van der Waals surface area contributed by atoms with Gasteiger partial charge in [-0.1, -0.05) is 0 Å². The Kier molecular flexibility index (Phi) is 5.07. The molecule has 8 nitrogen and oxygen atoms in total. The molecule has 0 bridgehead atoms. The van der Waals surface area contributed by atoms with Gasteiger partial charge in [-0.3, -0.25) is 10.1 Å². The summed E-state index contributed by atoms with van der Waals surface area (Å²) in [5, 5.41) is 23.9. The summed E-state index contributed by atoms with van der Waals surface area (Å²) in [5.41, 5.74) is 0.810. The van der Waals surface area contributed by atoms with Crippen molar-refractivity contribution >= 4 is 22.4 Å². The Morgan fingerprint density at radius 2 is 2.40 bits per heavy atom. The van der Waals surface area contributed by atoms with E-state index in [9.17, 15) is 15.4 Å². The second kappa shape index (κ2) is 7.42. The molecule has 2 unspecified atom stereocenters. The molecule has 130 valence electrons. The molecule has 0 amide bonds. The number of pyridine rings is 1. The average molecular weight is 342 g/mol. The summed E-state index contributed by atoms with van der Waals surface area (Å²) >= 11 is 0. The normalized spacial score (nSPS) is 18.0. The SMILES string of the molecule is CC(COC1CCOC1)Nc1cc(C#N)c2cc([N+](=O)[O-])ccc2n1. The van der Waals surface area contributed by atoms with Crippen molar-refractivity contribution in [2.24, 2.45) is 0 Å². The zero-order valence-electron chi connectivity index (χ0n) is 13.8. The number of benzene rings is 1. The Bertz CT molecular complexity index is 827.